The molecule has 0 bridgehead atoms. The summed E-state index contributed by atoms with van der Waals surface area (Å²) in [5, 5.41) is 13.7. The van der Waals surface area contributed by atoms with Crippen LogP contribution in [0.2, 0.25) is 0 Å². The minimum absolute atomic E-state index is 0.708. The molecule has 0 radical (unpaired) electrons. The second-order valence-electron chi connectivity index (χ2n) is 1.54. The van der Waals surface area contributed by atoms with E-state index < -0.39 is 0 Å². The van der Waals surface area contributed by atoms with Crippen molar-refractivity contribution in [2.75, 3.05) is 0 Å². The highest BCUT2D eigenvalue weighted by molar-refractivity contribution is 7.09. The molecular weight excluding hydrogens is 136 g/mol. The number of rotatable bonds is 1. The Morgan fingerprint density at radius 1 is 1.89 bits per heavy atom. The van der Waals surface area contributed by atoms with Gasteiger partial charge in [0.2, 0.25) is 0 Å². The molecule has 4 heteroatoms. The number of thiazole rings is 1. The van der Waals surface area contributed by atoms with Crippen LogP contribution in [0.3, 0.4) is 0 Å². The van der Waals surface area contributed by atoms with Crippen molar-refractivity contribution < 1.29 is 5.21 Å². The van der Waals surface area contributed by atoms with Crippen LogP contribution in [-0.2, 0) is 0 Å². The monoisotopic (exact) mass is 142 g/mol. The molecule has 1 rings (SSSR count). The van der Waals surface area contributed by atoms with E-state index in [0.717, 1.165) is 5.01 Å². The van der Waals surface area contributed by atoms with E-state index in [1.165, 1.54) is 17.6 Å². The maximum absolute atomic E-state index is 8.06. The molecule has 48 valence electrons. The predicted octanol–water partition coefficient (Wildman–Crippen LogP) is 1.26. The quantitative estimate of drug-likeness (QED) is 0.364. The van der Waals surface area contributed by atoms with E-state index in [9.17, 15) is 0 Å². The third-order valence-electron chi connectivity index (χ3n) is 0.827. The lowest BCUT2D eigenvalue weighted by Gasteiger charge is -1.75. The first-order valence-electron chi connectivity index (χ1n) is 2.42. The Labute approximate surface area is 56.7 Å². The Balaban J connectivity index is 2.85. The molecule has 0 amide bonds. The van der Waals surface area contributed by atoms with Gasteiger partial charge < -0.3 is 5.21 Å². The summed E-state index contributed by atoms with van der Waals surface area (Å²) in [5.41, 5.74) is 0.708. The van der Waals surface area contributed by atoms with Gasteiger partial charge in [0, 0.05) is 5.38 Å². The average molecular weight is 142 g/mol. The SMILES string of the molecule is Cc1nc(C=NO)cs1. The lowest BCUT2D eigenvalue weighted by molar-refractivity contribution is 0.321. The van der Waals surface area contributed by atoms with Gasteiger partial charge in [-0.1, -0.05) is 5.16 Å². The lowest BCUT2D eigenvalue weighted by Crippen LogP contribution is -1.78. The van der Waals surface area contributed by atoms with Crippen LogP contribution in [0, 0.1) is 6.92 Å². The van der Waals surface area contributed by atoms with Crippen molar-refractivity contribution >= 4 is 17.6 Å². The molecule has 0 atom stereocenters. The van der Waals surface area contributed by atoms with Gasteiger partial charge >= 0.3 is 0 Å². The molecule has 1 heterocycles. The fourth-order valence-corrected chi connectivity index (χ4v) is 1.06. The van der Waals surface area contributed by atoms with Crippen molar-refractivity contribution in [1.29, 1.82) is 0 Å². The molecule has 1 N–H and O–H groups in total. The molecule has 0 spiro atoms. The minimum Gasteiger partial charge on any atom is -0.411 e. The number of hydrogen-bond acceptors (Lipinski definition) is 4. The molecule has 0 fully saturated rings. The zero-order valence-electron chi connectivity index (χ0n) is 4.90. The van der Waals surface area contributed by atoms with Gasteiger partial charge in [-0.3, -0.25) is 0 Å². The van der Waals surface area contributed by atoms with Crippen molar-refractivity contribution in [3.8, 4) is 0 Å². The van der Waals surface area contributed by atoms with Gasteiger partial charge in [-0.15, -0.1) is 11.3 Å². The zero-order valence-corrected chi connectivity index (χ0v) is 5.72. The first kappa shape index (κ1) is 6.22. The van der Waals surface area contributed by atoms with Crippen molar-refractivity contribution in [2.45, 2.75) is 6.92 Å². The van der Waals surface area contributed by atoms with Gasteiger partial charge in [-0.2, -0.15) is 0 Å². The molecule has 1 aromatic heterocycles. The maximum atomic E-state index is 8.06. The lowest BCUT2D eigenvalue weighted by atomic mass is 10.5. The summed E-state index contributed by atoms with van der Waals surface area (Å²) in [7, 11) is 0. The van der Waals surface area contributed by atoms with E-state index >= 15 is 0 Å². The van der Waals surface area contributed by atoms with Crippen LogP contribution >= 0.6 is 11.3 Å². The van der Waals surface area contributed by atoms with Crippen LogP contribution in [0.25, 0.3) is 0 Å². The molecule has 0 aliphatic carbocycles. The van der Waals surface area contributed by atoms with E-state index in [2.05, 4.69) is 10.1 Å². The number of hydrogen-bond donors (Lipinski definition) is 1. The highest BCUT2D eigenvalue weighted by atomic mass is 32.1. The zero-order chi connectivity index (χ0) is 6.69. The van der Waals surface area contributed by atoms with Crippen LogP contribution in [-0.4, -0.2) is 16.4 Å². The van der Waals surface area contributed by atoms with Gasteiger partial charge in [-0.25, -0.2) is 4.98 Å². The standard InChI is InChI=1S/C5H6N2OS/c1-4-7-5(2-6-8)3-9-4/h2-3,8H,1H3. The van der Waals surface area contributed by atoms with Gasteiger partial charge in [0.25, 0.3) is 0 Å². The van der Waals surface area contributed by atoms with Crippen LogP contribution in [0.5, 0.6) is 0 Å². The van der Waals surface area contributed by atoms with E-state index in [1.807, 2.05) is 12.3 Å². The summed E-state index contributed by atoms with van der Waals surface area (Å²) < 4.78 is 0. The summed E-state index contributed by atoms with van der Waals surface area (Å²) in [6.07, 6.45) is 1.31. The van der Waals surface area contributed by atoms with Crippen molar-refractivity contribution in [3.63, 3.8) is 0 Å². The molecule has 0 saturated heterocycles. The molecule has 0 unspecified atom stereocenters. The fraction of sp³-hybridized carbons (Fsp3) is 0.200. The minimum atomic E-state index is 0.708. The van der Waals surface area contributed by atoms with Crippen LogP contribution in [0.15, 0.2) is 10.5 Å². The number of aryl methyl sites for hydroxylation is 1. The van der Waals surface area contributed by atoms with E-state index in [0.29, 0.717) is 5.69 Å². The Kier molecular flexibility index (Phi) is 1.79. The molecule has 3 nitrogen and oxygen atoms in total. The highest BCUT2D eigenvalue weighted by Crippen LogP contribution is 2.04. The van der Waals surface area contributed by atoms with Crippen molar-refractivity contribution in [2.24, 2.45) is 5.16 Å². The van der Waals surface area contributed by atoms with Gasteiger partial charge in [-0.05, 0) is 6.92 Å². The van der Waals surface area contributed by atoms with Crippen LogP contribution < -0.4 is 0 Å². The van der Waals surface area contributed by atoms with E-state index in [-0.39, 0.29) is 0 Å². The molecule has 0 aromatic carbocycles. The maximum Gasteiger partial charge on any atom is 0.0958 e. The second-order valence-corrected chi connectivity index (χ2v) is 2.60. The summed E-state index contributed by atoms with van der Waals surface area (Å²) in [4.78, 5) is 4.01. The Morgan fingerprint density at radius 3 is 3.11 bits per heavy atom. The number of nitrogens with zero attached hydrogens (tertiary/aromatic N) is 2. The molecule has 9 heavy (non-hydrogen) atoms. The highest BCUT2D eigenvalue weighted by Gasteiger charge is 1.91. The third kappa shape index (κ3) is 1.50. The van der Waals surface area contributed by atoms with E-state index in [1.54, 1.807) is 0 Å². The predicted molar refractivity (Wildman–Crippen MR) is 36.2 cm³/mol. The average Bonchev–Trinajstić information content (AvgIpc) is 2.17. The summed E-state index contributed by atoms with van der Waals surface area (Å²) in [6.45, 7) is 1.90. The largest absolute Gasteiger partial charge is 0.411 e. The smallest absolute Gasteiger partial charge is 0.0958 e. The molecule has 1 aromatic rings. The van der Waals surface area contributed by atoms with Gasteiger partial charge in [0.15, 0.2) is 0 Å². The van der Waals surface area contributed by atoms with Crippen LogP contribution in [0.1, 0.15) is 10.7 Å². The Bertz CT molecular complexity index is 218. The van der Waals surface area contributed by atoms with Crippen LogP contribution in [0.4, 0.5) is 0 Å². The summed E-state index contributed by atoms with van der Waals surface area (Å²) in [6, 6.07) is 0. The van der Waals surface area contributed by atoms with Gasteiger partial charge in [0.1, 0.15) is 0 Å². The number of oxime groups is 1. The topological polar surface area (TPSA) is 45.5 Å². The fourth-order valence-electron chi connectivity index (χ4n) is 0.499. The van der Waals surface area contributed by atoms with Crippen molar-refractivity contribution in [1.82, 2.24) is 4.98 Å². The Hall–Kier alpha value is -0.900. The summed E-state index contributed by atoms with van der Waals surface area (Å²) >= 11 is 1.53. The molecule has 0 saturated carbocycles. The first-order chi connectivity index (χ1) is 4.33. The number of aromatic nitrogens is 1. The third-order valence-corrected chi connectivity index (χ3v) is 1.62. The second kappa shape index (κ2) is 2.59. The molecule has 0 aliphatic heterocycles. The first-order valence-corrected chi connectivity index (χ1v) is 3.30. The van der Waals surface area contributed by atoms with Crippen molar-refractivity contribution in [3.05, 3.63) is 16.1 Å². The van der Waals surface area contributed by atoms with Gasteiger partial charge in [0.05, 0.1) is 16.9 Å². The molecule has 0 aliphatic rings. The molecular formula is C5H6N2OS. The summed E-state index contributed by atoms with van der Waals surface area (Å²) in [5.74, 6) is 0. The van der Waals surface area contributed by atoms with E-state index in [4.69, 9.17) is 5.21 Å². The Morgan fingerprint density at radius 2 is 2.67 bits per heavy atom. The normalized spacial score (nSPS) is 10.8.